The summed E-state index contributed by atoms with van der Waals surface area (Å²) < 4.78 is 11.9. The lowest BCUT2D eigenvalue weighted by molar-refractivity contribution is -0.146. The van der Waals surface area contributed by atoms with Crippen molar-refractivity contribution in [2.75, 3.05) is 5.75 Å². The maximum atomic E-state index is 11.9. The van der Waals surface area contributed by atoms with Crippen molar-refractivity contribution in [1.82, 2.24) is 4.98 Å². The maximum absolute atomic E-state index is 11.9. The van der Waals surface area contributed by atoms with E-state index in [0.29, 0.717) is 5.03 Å². The summed E-state index contributed by atoms with van der Waals surface area (Å²) in [4.78, 5) is 16.3. The molecule has 140 valence electrons. The quantitative estimate of drug-likeness (QED) is 0.442. The number of hydrogen-bond acceptors (Lipinski definition) is 5. The van der Waals surface area contributed by atoms with E-state index in [-0.39, 0.29) is 12.2 Å². The molecular weight excluding hydrogens is 381 g/mol. The summed E-state index contributed by atoms with van der Waals surface area (Å²) in [5.74, 6) is -2.31. The highest BCUT2D eigenvalue weighted by molar-refractivity contribution is 7.99. The van der Waals surface area contributed by atoms with E-state index < -0.39 is 25.7 Å². The van der Waals surface area contributed by atoms with Crippen molar-refractivity contribution in [3.05, 3.63) is 72.3 Å². The number of thioether (sulfide) groups is 1. The Balaban J connectivity index is 1.79. The second-order valence-electron chi connectivity index (χ2n) is 6.32. The molecule has 5 nitrogen and oxygen atoms in total. The Labute approximate surface area is 162 Å². The number of pyridine rings is 1. The van der Waals surface area contributed by atoms with Gasteiger partial charge in [-0.05, 0) is 24.1 Å². The highest BCUT2D eigenvalue weighted by Crippen LogP contribution is 2.37. The Morgan fingerprint density at radius 2 is 1.78 bits per heavy atom. The number of nitrogens with zero attached hydrogens (tertiary/aromatic N) is 1. The van der Waals surface area contributed by atoms with Gasteiger partial charge in [0.25, 0.3) is 0 Å². The highest BCUT2D eigenvalue weighted by atomic mass is 32.2. The molecule has 0 amide bonds. The number of carboxylic acids is 1. The summed E-state index contributed by atoms with van der Waals surface area (Å²) in [5, 5.41) is 20.4. The molecule has 0 aliphatic carbocycles. The number of para-hydroxylation sites is 1. The van der Waals surface area contributed by atoms with Gasteiger partial charge in [-0.25, -0.2) is 4.98 Å². The van der Waals surface area contributed by atoms with Crippen LogP contribution in [0.25, 0.3) is 10.9 Å². The summed E-state index contributed by atoms with van der Waals surface area (Å²) in [6.45, 7) is 0. The van der Waals surface area contributed by atoms with Crippen LogP contribution in [-0.2, 0) is 15.8 Å². The van der Waals surface area contributed by atoms with E-state index in [1.54, 1.807) is 12.1 Å². The molecule has 0 aliphatic rings. The molecule has 0 bridgehead atoms. The van der Waals surface area contributed by atoms with Gasteiger partial charge in [-0.15, -0.1) is 11.8 Å². The molecule has 3 aromatic rings. The van der Waals surface area contributed by atoms with E-state index in [1.807, 2.05) is 54.6 Å². The second-order valence-corrected chi connectivity index (χ2v) is 8.55. The molecule has 0 aliphatic heterocycles. The summed E-state index contributed by atoms with van der Waals surface area (Å²) in [6, 6.07) is 20.5. The minimum Gasteiger partial charge on any atom is -0.481 e. The molecule has 0 fully saturated rings. The van der Waals surface area contributed by atoms with Gasteiger partial charge < -0.3 is 14.8 Å². The smallest absolute Gasteiger partial charge is 0.310 e. The van der Waals surface area contributed by atoms with E-state index in [4.69, 9.17) is 0 Å². The average Bonchev–Trinajstić information content (AvgIpc) is 2.70. The van der Waals surface area contributed by atoms with Gasteiger partial charge in [-0.2, -0.15) is 0 Å². The van der Waals surface area contributed by atoms with Crippen molar-refractivity contribution in [2.24, 2.45) is 5.92 Å². The first-order valence-electron chi connectivity index (χ1n) is 8.46. The predicted octanol–water partition coefficient (Wildman–Crippen LogP) is 3.72. The van der Waals surface area contributed by atoms with E-state index in [0.717, 1.165) is 16.5 Å². The summed E-state index contributed by atoms with van der Waals surface area (Å²) >= 11 is 1.22. The van der Waals surface area contributed by atoms with Gasteiger partial charge in [0, 0.05) is 11.1 Å². The van der Waals surface area contributed by atoms with Gasteiger partial charge >= 0.3 is 5.97 Å². The molecular formula is C20H20NO4PS. The van der Waals surface area contributed by atoms with Crippen LogP contribution in [0.5, 0.6) is 0 Å². The third kappa shape index (κ3) is 4.78. The molecule has 7 heteroatoms. The number of fused-ring (bicyclic) bond motifs is 1. The molecule has 3 rings (SSSR count). The Morgan fingerprint density at radius 3 is 2.48 bits per heavy atom. The van der Waals surface area contributed by atoms with E-state index in [1.165, 1.54) is 11.8 Å². The first kappa shape index (κ1) is 19.6. The van der Waals surface area contributed by atoms with Gasteiger partial charge in [0.2, 0.25) is 0 Å². The van der Waals surface area contributed by atoms with Gasteiger partial charge in [0.15, 0.2) is 0 Å². The van der Waals surface area contributed by atoms with Crippen LogP contribution < -0.4 is 0 Å². The predicted molar refractivity (Wildman–Crippen MR) is 109 cm³/mol. The van der Waals surface area contributed by atoms with Crippen LogP contribution in [0.3, 0.4) is 0 Å². The first-order chi connectivity index (χ1) is 13.0. The van der Waals surface area contributed by atoms with Crippen LogP contribution in [0.1, 0.15) is 5.56 Å². The number of carbonyl (C=O) groups is 1. The van der Waals surface area contributed by atoms with Gasteiger partial charge in [0.05, 0.1) is 24.9 Å². The number of aliphatic carboxylic acids is 1. The lowest BCUT2D eigenvalue weighted by Crippen LogP contribution is -2.41. The average molecular weight is 401 g/mol. The fourth-order valence-corrected chi connectivity index (χ4v) is 4.72. The van der Waals surface area contributed by atoms with E-state index in [9.17, 15) is 19.6 Å². The number of aliphatic hydroxyl groups is 1. The molecule has 1 aromatic heterocycles. The number of rotatable bonds is 8. The molecule has 0 radical (unpaired) electrons. The monoisotopic (exact) mass is 401 g/mol. The largest absolute Gasteiger partial charge is 0.481 e. The number of hydrogen-bond donors (Lipinski definition) is 2. The van der Waals surface area contributed by atoms with E-state index in [2.05, 4.69) is 4.98 Å². The van der Waals surface area contributed by atoms with Crippen LogP contribution in [0, 0.1) is 5.92 Å². The van der Waals surface area contributed by atoms with Crippen molar-refractivity contribution in [3.63, 3.8) is 0 Å². The van der Waals surface area contributed by atoms with Crippen molar-refractivity contribution >= 4 is 37.1 Å². The first-order valence-corrected chi connectivity index (χ1v) is 10.5. The molecule has 3 atom stereocenters. The summed E-state index contributed by atoms with van der Waals surface area (Å²) in [6.07, 6.45) is 0.119. The van der Waals surface area contributed by atoms with Crippen molar-refractivity contribution in [3.8, 4) is 0 Å². The maximum Gasteiger partial charge on any atom is 0.310 e. The van der Waals surface area contributed by atoms with Gasteiger partial charge in [-0.3, -0.25) is 4.79 Å². The van der Waals surface area contributed by atoms with E-state index >= 15 is 0 Å². The zero-order valence-corrected chi connectivity index (χ0v) is 16.5. The van der Waals surface area contributed by atoms with Gasteiger partial charge in [0.1, 0.15) is 5.34 Å². The molecule has 2 N–H and O–H groups in total. The molecule has 27 heavy (non-hydrogen) atoms. The highest BCUT2D eigenvalue weighted by Gasteiger charge is 2.41. The zero-order valence-electron chi connectivity index (χ0n) is 14.5. The molecule has 1 heterocycles. The number of carboxylic acid groups (broad SMARTS) is 1. The Hall–Kier alpha value is -2.14. The van der Waals surface area contributed by atoms with Crippen LogP contribution in [0.2, 0.25) is 0 Å². The third-order valence-corrected chi connectivity index (χ3v) is 6.85. The molecule has 0 saturated heterocycles. The van der Waals surface area contributed by atoms with Crippen LogP contribution in [0.4, 0.5) is 0 Å². The fourth-order valence-electron chi connectivity index (χ4n) is 2.86. The molecule has 0 saturated carbocycles. The standard InChI is InChI=1S/C20H20NO4PS/c22-19(23)16(12-14-6-2-1-3-7-14)20(24,26-25)13-27-18-11-10-15-8-4-5-9-17(15)21-18/h1-11,16,24H,12-13,26H2,(H,22,23). The van der Waals surface area contributed by atoms with Crippen LogP contribution in [0.15, 0.2) is 71.8 Å². The normalized spacial score (nSPS) is 15.0. The SMILES string of the molecule is O=[PH2]C(O)(CSc1ccc2ccccc2n1)C(Cc1ccccc1)C(=O)O. The zero-order chi connectivity index (χ0) is 19.3. The Morgan fingerprint density at radius 1 is 1.07 bits per heavy atom. The summed E-state index contributed by atoms with van der Waals surface area (Å²) in [5.41, 5.74) is 1.60. The van der Waals surface area contributed by atoms with Crippen molar-refractivity contribution < 1.29 is 19.6 Å². The number of aromatic nitrogens is 1. The van der Waals surface area contributed by atoms with Crippen molar-refractivity contribution in [2.45, 2.75) is 16.8 Å². The molecule has 3 unspecified atom stereocenters. The van der Waals surface area contributed by atoms with Gasteiger partial charge in [-0.1, -0.05) is 54.6 Å². The Kier molecular flexibility index (Phi) is 6.32. The van der Waals surface area contributed by atoms with Crippen molar-refractivity contribution in [1.29, 1.82) is 0 Å². The topological polar surface area (TPSA) is 87.5 Å². The van der Waals surface area contributed by atoms with Crippen LogP contribution >= 0.6 is 20.2 Å². The lowest BCUT2D eigenvalue weighted by Gasteiger charge is -2.28. The molecule has 2 aromatic carbocycles. The summed E-state index contributed by atoms with van der Waals surface area (Å²) in [7, 11) is -1.71. The lowest BCUT2D eigenvalue weighted by atomic mass is 9.94. The fraction of sp³-hybridized carbons (Fsp3) is 0.200. The van der Waals surface area contributed by atoms with Crippen LogP contribution in [-0.4, -0.2) is 32.3 Å². The Bertz CT molecular complexity index is 953. The minimum atomic E-state index is -1.79. The third-order valence-electron chi connectivity index (χ3n) is 4.41. The molecule has 0 spiro atoms. The second kappa shape index (κ2) is 8.70. The number of benzene rings is 2. The minimum absolute atomic E-state index is 0.000966.